The Kier molecular flexibility index (Phi) is 10.4. The molecule has 0 fully saturated rings. The number of hydrogen-bond acceptors (Lipinski definition) is 5. The lowest BCUT2D eigenvalue weighted by Crippen LogP contribution is -2.35. The van der Waals surface area contributed by atoms with Gasteiger partial charge in [-0.2, -0.15) is 11.8 Å². The van der Waals surface area contributed by atoms with E-state index in [1.165, 1.54) is 11.8 Å². The number of aliphatic hydroxyl groups excluding tert-OH is 2. The first-order valence-corrected chi connectivity index (χ1v) is 7.46. The molecule has 0 rings (SSSR count). The fourth-order valence-corrected chi connectivity index (χ4v) is 2.83. The van der Waals surface area contributed by atoms with Crippen molar-refractivity contribution in [1.82, 2.24) is 0 Å². The summed E-state index contributed by atoms with van der Waals surface area (Å²) in [6.07, 6.45) is 3.76. The van der Waals surface area contributed by atoms with Gasteiger partial charge in [-0.1, -0.05) is 26.2 Å². The average Bonchev–Trinajstić information content (AvgIpc) is 2.33. The molecule has 0 aromatic carbocycles. The van der Waals surface area contributed by atoms with E-state index in [-0.39, 0.29) is 17.6 Å². The van der Waals surface area contributed by atoms with Gasteiger partial charge in [0.2, 0.25) is 0 Å². The van der Waals surface area contributed by atoms with Gasteiger partial charge in [-0.05, 0) is 12.8 Å². The van der Waals surface area contributed by atoms with Gasteiger partial charge in [0.05, 0.1) is 6.10 Å². The Morgan fingerprint density at radius 3 is 2.50 bits per heavy atom. The first-order chi connectivity index (χ1) is 8.52. The van der Waals surface area contributed by atoms with Crippen molar-refractivity contribution < 1.29 is 20.1 Å². The molecule has 5 N–H and O–H groups in total. The van der Waals surface area contributed by atoms with Crippen LogP contribution in [-0.4, -0.2) is 51.0 Å². The Hall–Kier alpha value is -0.300. The lowest BCUT2D eigenvalue weighted by molar-refractivity contribution is -0.137. The Labute approximate surface area is 113 Å². The zero-order valence-electron chi connectivity index (χ0n) is 10.9. The first-order valence-electron chi connectivity index (χ1n) is 6.41. The summed E-state index contributed by atoms with van der Waals surface area (Å²) in [5.41, 5.74) is 5.42. The van der Waals surface area contributed by atoms with Crippen LogP contribution in [0.2, 0.25) is 0 Å². The van der Waals surface area contributed by atoms with E-state index in [0.29, 0.717) is 12.8 Å². The second-order valence-electron chi connectivity index (χ2n) is 4.39. The van der Waals surface area contributed by atoms with Gasteiger partial charge in [-0.3, -0.25) is 4.79 Å². The molecule has 0 aliphatic heterocycles. The largest absolute Gasteiger partial charge is 0.480 e. The third-order valence-electron chi connectivity index (χ3n) is 2.75. The SMILES string of the molecule is CCCCCC(O)C(CCO)SC[C@H](N)C(=O)O. The Balaban J connectivity index is 4.06. The van der Waals surface area contributed by atoms with E-state index >= 15 is 0 Å². The van der Waals surface area contributed by atoms with Gasteiger partial charge in [-0.15, -0.1) is 0 Å². The number of carbonyl (C=O) groups is 1. The van der Waals surface area contributed by atoms with Crippen molar-refractivity contribution in [3.63, 3.8) is 0 Å². The van der Waals surface area contributed by atoms with E-state index in [4.69, 9.17) is 15.9 Å². The molecule has 0 bridgehead atoms. The molecular formula is C12H25NO4S. The van der Waals surface area contributed by atoms with Gasteiger partial charge in [-0.25, -0.2) is 0 Å². The van der Waals surface area contributed by atoms with Crippen molar-refractivity contribution in [1.29, 1.82) is 0 Å². The number of rotatable bonds is 11. The van der Waals surface area contributed by atoms with E-state index in [1.54, 1.807) is 0 Å². The zero-order valence-corrected chi connectivity index (χ0v) is 11.7. The molecule has 18 heavy (non-hydrogen) atoms. The van der Waals surface area contributed by atoms with Gasteiger partial charge in [0.1, 0.15) is 6.04 Å². The fraction of sp³-hybridized carbons (Fsp3) is 0.917. The van der Waals surface area contributed by atoms with E-state index < -0.39 is 18.1 Å². The molecular weight excluding hydrogens is 254 g/mol. The maximum atomic E-state index is 10.6. The van der Waals surface area contributed by atoms with Gasteiger partial charge in [0.15, 0.2) is 0 Å². The van der Waals surface area contributed by atoms with Crippen LogP contribution in [0, 0.1) is 0 Å². The summed E-state index contributed by atoms with van der Waals surface area (Å²) in [4.78, 5) is 10.6. The maximum Gasteiger partial charge on any atom is 0.321 e. The summed E-state index contributed by atoms with van der Waals surface area (Å²) >= 11 is 1.33. The quantitative estimate of drug-likeness (QED) is 0.418. The van der Waals surface area contributed by atoms with Crippen LogP contribution in [0.4, 0.5) is 0 Å². The zero-order chi connectivity index (χ0) is 14.0. The van der Waals surface area contributed by atoms with E-state index in [1.807, 2.05) is 0 Å². The van der Waals surface area contributed by atoms with Crippen molar-refractivity contribution in [3.8, 4) is 0 Å². The molecule has 108 valence electrons. The number of hydrogen-bond donors (Lipinski definition) is 4. The van der Waals surface area contributed by atoms with Gasteiger partial charge in [0.25, 0.3) is 0 Å². The van der Waals surface area contributed by atoms with Crippen LogP contribution < -0.4 is 5.73 Å². The highest BCUT2D eigenvalue weighted by Gasteiger charge is 2.21. The number of aliphatic hydroxyl groups is 2. The summed E-state index contributed by atoms with van der Waals surface area (Å²) in [6.45, 7) is 2.09. The van der Waals surface area contributed by atoms with Crippen LogP contribution in [0.1, 0.15) is 39.0 Å². The molecule has 5 nitrogen and oxygen atoms in total. The highest BCUT2D eigenvalue weighted by atomic mass is 32.2. The van der Waals surface area contributed by atoms with E-state index in [9.17, 15) is 9.90 Å². The maximum absolute atomic E-state index is 10.6. The van der Waals surface area contributed by atoms with Gasteiger partial charge >= 0.3 is 5.97 Å². The standard InChI is InChI=1S/C12H25NO4S/c1-2-3-4-5-10(15)11(6-7-14)18-8-9(13)12(16)17/h9-11,14-15H,2-8,13H2,1H3,(H,16,17)/t9-,10?,11?/m0/s1. The number of nitrogens with two attached hydrogens (primary N) is 1. The smallest absolute Gasteiger partial charge is 0.321 e. The van der Waals surface area contributed by atoms with Crippen molar-refractivity contribution in [3.05, 3.63) is 0 Å². The second-order valence-corrected chi connectivity index (χ2v) is 5.66. The van der Waals surface area contributed by atoms with Crippen LogP contribution in [-0.2, 0) is 4.79 Å². The summed E-state index contributed by atoms with van der Waals surface area (Å²) in [5, 5.41) is 27.5. The highest BCUT2D eigenvalue weighted by molar-refractivity contribution is 8.00. The average molecular weight is 279 g/mol. The third kappa shape index (κ3) is 7.92. The normalized spacial score (nSPS) is 16.2. The molecule has 0 amide bonds. The lowest BCUT2D eigenvalue weighted by atomic mass is 10.1. The molecule has 0 heterocycles. The van der Waals surface area contributed by atoms with Crippen molar-refractivity contribution in [2.75, 3.05) is 12.4 Å². The Morgan fingerprint density at radius 1 is 1.33 bits per heavy atom. The molecule has 0 aliphatic carbocycles. The first kappa shape index (κ1) is 17.7. The monoisotopic (exact) mass is 279 g/mol. The fourth-order valence-electron chi connectivity index (χ4n) is 1.60. The molecule has 0 radical (unpaired) electrons. The minimum atomic E-state index is -1.04. The third-order valence-corrected chi connectivity index (χ3v) is 4.28. The van der Waals surface area contributed by atoms with Gasteiger partial charge in [0, 0.05) is 17.6 Å². The van der Waals surface area contributed by atoms with Crippen molar-refractivity contribution in [2.24, 2.45) is 5.73 Å². The van der Waals surface area contributed by atoms with Crippen LogP contribution in [0.15, 0.2) is 0 Å². The van der Waals surface area contributed by atoms with E-state index in [0.717, 1.165) is 19.3 Å². The summed E-state index contributed by atoms with van der Waals surface area (Å²) in [6, 6.07) is -0.918. The number of unbranched alkanes of at least 4 members (excludes halogenated alkanes) is 2. The molecule has 3 atom stereocenters. The van der Waals surface area contributed by atoms with Crippen LogP contribution in [0.5, 0.6) is 0 Å². The predicted octanol–water partition coefficient (Wildman–Crippen LogP) is 0.824. The molecule has 2 unspecified atom stereocenters. The second kappa shape index (κ2) is 10.6. The topological polar surface area (TPSA) is 104 Å². The molecule has 0 aromatic heterocycles. The molecule has 0 spiro atoms. The van der Waals surface area contributed by atoms with Crippen LogP contribution in [0.3, 0.4) is 0 Å². The molecule has 0 saturated heterocycles. The highest BCUT2D eigenvalue weighted by Crippen LogP contribution is 2.22. The van der Waals surface area contributed by atoms with Crippen LogP contribution in [0.25, 0.3) is 0 Å². The Bertz CT molecular complexity index is 228. The van der Waals surface area contributed by atoms with Gasteiger partial charge < -0.3 is 21.1 Å². The van der Waals surface area contributed by atoms with Crippen molar-refractivity contribution in [2.45, 2.75) is 56.4 Å². The van der Waals surface area contributed by atoms with Crippen LogP contribution >= 0.6 is 11.8 Å². The number of thioether (sulfide) groups is 1. The molecule has 6 heteroatoms. The lowest BCUT2D eigenvalue weighted by Gasteiger charge is -2.22. The Morgan fingerprint density at radius 2 is 2.00 bits per heavy atom. The summed E-state index contributed by atoms with van der Waals surface area (Å²) < 4.78 is 0. The molecule has 0 aliphatic rings. The number of aliphatic carboxylic acids is 1. The predicted molar refractivity (Wildman–Crippen MR) is 73.7 cm³/mol. The van der Waals surface area contributed by atoms with E-state index in [2.05, 4.69) is 6.92 Å². The number of carboxylic acid groups (broad SMARTS) is 1. The molecule has 0 saturated carbocycles. The van der Waals surface area contributed by atoms with Crippen molar-refractivity contribution >= 4 is 17.7 Å². The minimum absolute atomic E-state index is 0.00911. The summed E-state index contributed by atoms with van der Waals surface area (Å²) in [7, 11) is 0. The minimum Gasteiger partial charge on any atom is -0.480 e. The number of carboxylic acids is 1. The summed E-state index contributed by atoms with van der Waals surface area (Å²) in [5.74, 6) is -0.782. The molecule has 0 aromatic rings.